The molecule has 0 radical (unpaired) electrons. The highest BCUT2D eigenvalue weighted by atomic mass is 32.1. The van der Waals surface area contributed by atoms with Crippen LogP contribution in [0.15, 0.2) is 42.5 Å². The summed E-state index contributed by atoms with van der Waals surface area (Å²) in [5.41, 5.74) is 4.75. The van der Waals surface area contributed by atoms with Gasteiger partial charge in [-0.15, -0.1) is 11.3 Å². The fraction of sp³-hybridized carbons (Fsp3) is 0.367. The summed E-state index contributed by atoms with van der Waals surface area (Å²) in [6.07, 6.45) is 1.97. The number of nitrogens with one attached hydrogen (secondary N) is 2. The Kier molecular flexibility index (Phi) is 8.52. The molecule has 4 rings (SSSR count). The molecule has 1 aliphatic carbocycles. The Morgan fingerprint density at radius 3 is 2.50 bits per heavy atom. The summed E-state index contributed by atoms with van der Waals surface area (Å²) < 4.78 is 11.1. The molecule has 0 fully saturated rings. The van der Waals surface area contributed by atoms with Gasteiger partial charge in [0, 0.05) is 16.1 Å². The summed E-state index contributed by atoms with van der Waals surface area (Å²) in [6, 6.07) is 12.4. The number of fused-ring (bicyclic) bond motifs is 1. The van der Waals surface area contributed by atoms with E-state index >= 15 is 0 Å². The maximum absolute atomic E-state index is 13.1. The predicted octanol–water partition coefficient (Wildman–Crippen LogP) is 6.32. The molecule has 0 aliphatic heterocycles. The van der Waals surface area contributed by atoms with Crippen molar-refractivity contribution in [3.05, 3.63) is 75.2 Å². The van der Waals surface area contributed by atoms with Crippen molar-refractivity contribution < 1.29 is 23.9 Å². The SMILES string of the molecule is CCOC(=O)c1c(NC(=O)c2ccc(O[C@@H](C)C(=O)Nc3ccc(C)cc3C)cc2)sc2c1CC[C@H](C)C2. The Bertz CT molecular complexity index is 1350. The Morgan fingerprint density at radius 1 is 1.08 bits per heavy atom. The minimum absolute atomic E-state index is 0.263. The fourth-order valence-electron chi connectivity index (χ4n) is 4.56. The van der Waals surface area contributed by atoms with Crippen LogP contribution in [-0.2, 0) is 22.4 Å². The number of benzene rings is 2. The van der Waals surface area contributed by atoms with Crippen molar-refractivity contribution in [3.8, 4) is 5.75 Å². The lowest BCUT2D eigenvalue weighted by atomic mass is 9.88. The Morgan fingerprint density at radius 2 is 1.82 bits per heavy atom. The lowest BCUT2D eigenvalue weighted by Crippen LogP contribution is -2.30. The summed E-state index contributed by atoms with van der Waals surface area (Å²) in [5.74, 6) is 0.0256. The van der Waals surface area contributed by atoms with Crippen molar-refractivity contribution in [2.45, 2.75) is 60.0 Å². The number of anilines is 2. The van der Waals surface area contributed by atoms with Gasteiger partial charge in [0.2, 0.25) is 0 Å². The molecule has 2 aromatic carbocycles. The topological polar surface area (TPSA) is 93.7 Å². The third-order valence-electron chi connectivity index (χ3n) is 6.66. The first-order chi connectivity index (χ1) is 18.2. The number of amides is 2. The molecule has 7 nitrogen and oxygen atoms in total. The molecular formula is C30H34N2O5S. The third-order valence-corrected chi connectivity index (χ3v) is 7.83. The highest BCUT2D eigenvalue weighted by molar-refractivity contribution is 7.17. The van der Waals surface area contributed by atoms with Crippen LogP contribution in [0.2, 0.25) is 0 Å². The van der Waals surface area contributed by atoms with Crippen molar-refractivity contribution >= 4 is 39.8 Å². The summed E-state index contributed by atoms with van der Waals surface area (Å²) in [4.78, 5) is 39.6. The van der Waals surface area contributed by atoms with Gasteiger partial charge in [0.05, 0.1) is 12.2 Å². The molecule has 2 N–H and O–H groups in total. The first-order valence-corrected chi connectivity index (χ1v) is 13.8. The minimum atomic E-state index is -0.734. The van der Waals surface area contributed by atoms with Gasteiger partial charge in [-0.2, -0.15) is 0 Å². The molecule has 1 aromatic heterocycles. The number of rotatable bonds is 8. The van der Waals surface area contributed by atoms with Crippen LogP contribution in [0.3, 0.4) is 0 Å². The molecule has 2 amide bonds. The van der Waals surface area contributed by atoms with Crippen LogP contribution in [0.1, 0.15) is 69.5 Å². The lowest BCUT2D eigenvalue weighted by Gasteiger charge is -2.18. The van der Waals surface area contributed by atoms with Crippen LogP contribution in [0.4, 0.5) is 10.7 Å². The number of hydrogen-bond acceptors (Lipinski definition) is 6. The molecule has 0 saturated carbocycles. The highest BCUT2D eigenvalue weighted by Crippen LogP contribution is 2.40. The van der Waals surface area contributed by atoms with Crippen LogP contribution >= 0.6 is 11.3 Å². The molecule has 0 spiro atoms. The average Bonchev–Trinajstić information content (AvgIpc) is 3.22. The number of hydrogen-bond donors (Lipinski definition) is 2. The Balaban J connectivity index is 1.42. The molecule has 1 heterocycles. The van der Waals surface area contributed by atoms with Gasteiger partial charge in [0.15, 0.2) is 6.10 Å². The fourth-order valence-corrected chi connectivity index (χ4v) is 5.96. The van der Waals surface area contributed by atoms with Crippen LogP contribution in [0.5, 0.6) is 5.75 Å². The van der Waals surface area contributed by atoms with E-state index in [0.29, 0.717) is 27.8 Å². The third kappa shape index (κ3) is 6.25. The molecule has 200 valence electrons. The average molecular weight is 535 g/mol. The van der Waals surface area contributed by atoms with Crippen molar-refractivity contribution in [1.29, 1.82) is 0 Å². The van der Waals surface area contributed by atoms with Crippen molar-refractivity contribution in [2.75, 3.05) is 17.2 Å². The van der Waals surface area contributed by atoms with Gasteiger partial charge in [-0.3, -0.25) is 9.59 Å². The van der Waals surface area contributed by atoms with Gasteiger partial charge in [-0.05, 0) is 94.3 Å². The number of carbonyl (C=O) groups is 3. The van der Waals surface area contributed by atoms with E-state index in [9.17, 15) is 14.4 Å². The Labute approximate surface area is 227 Å². The van der Waals surface area contributed by atoms with Crippen LogP contribution in [-0.4, -0.2) is 30.5 Å². The summed E-state index contributed by atoms with van der Waals surface area (Å²) in [6.45, 7) is 9.87. The molecule has 38 heavy (non-hydrogen) atoms. The molecule has 0 unspecified atom stereocenters. The van der Waals surface area contributed by atoms with E-state index in [0.717, 1.165) is 46.5 Å². The van der Waals surface area contributed by atoms with Crippen molar-refractivity contribution in [1.82, 2.24) is 0 Å². The molecule has 3 aromatic rings. The van der Waals surface area contributed by atoms with Gasteiger partial charge in [-0.25, -0.2) is 4.79 Å². The van der Waals surface area contributed by atoms with Gasteiger partial charge in [-0.1, -0.05) is 24.6 Å². The van der Waals surface area contributed by atoms with E-state index < -0.39 is 12.1 Å². The van der Waals surface area contributed by atoms with Crippen LogP contribution in [0.25, 0.3) is 0 Å². The highest BCUT2D eigenvalue weighted by Gasteiger charge is 2.29. The molecule has 0 bridgehead atoms. The molecular weight excluding hydrogens is 500 g/mol. The van der Waals surface area contributed by atoms with Gasteiger partial charge >= 0.3 is 5.97 Å². The molecule has 1 aliphatic rings. The molecule has 0 saturated heterocycles. The van der Waals surface area contributed by atoms with Gasteiger partial charge in [0.25, 0.3) is 11.8 Å². The minimum Gasteiger partial charge on any atom is -0.481 e. The van der Waals surface area contributed by atoms with Gasteiger partial charge in [0.1, 0.15) is 10.8 Å². The normalized spacial score (nSPS) is 15.2. The molecule has 8 heteroatoms. The number of esters is 1. The number of carbonyl (C=O) groups excluding carboxylic acids is 3. The van der Waals surface area contributed by atoms with Crippen molar-refractivity contribution in [3.63, 3.8) is 0 Å². The smallest absolute Gasteiger partial charge is 0.341 e. The summed E-state index contributed by atoms with van der Waals surface area (Å²) >= 11 is 1.46. The van der Waals surface area contributed by atoms with E-state index in [1.54, 1.807) is 38.1 Å². The van der Waals surface area contributed by atoms with E-state index in [1.165, 1.54) is 11.3 Å². The number of aryl methyl sites for hydroxylation is 2. The second-order valence-electron chi connectivity index (χ2n) is 9.82. The Hall–Kier alpha value is -3.65. The van der Waals surface area contributed by atoms with Crippen LogP contribution in [0, 0.1) is 19.8 Å². The lowest BCUT2D eigenvalue weighted by molar-refractivity contribution is -0.122. The zero-order valence-corrected chi connectivity index (χ0v) is 23.3. The first-order valence-electron chi connectivity index (χ1n) is 12.9. The zero-order chi connectivity index (χ0) is 27.4. The van der Waals surface area contributed by atoms with Crippen LogP contribution < -0.4 is 15.4 Å². The second-order valence-corrected chi connectivity index (χ2v) is 10.9. The zero-order valence-electron chi connectivity index (χ0n) is 22.5. The second kappa shape index (κ2) is 11.8. The number of ether oxygens (including phenoxy) is 2. The molecule has 2 atom stereocenters. The van der Waals surface area contributed by atoms with Crippen molar-refractivity contribution in [2.24, 2.45) is 5.92 Å². The monoisotopic (exact) mass is 534 g/mol. The maximum atomic E-state index is 13.1. The van der Waals surface area contributed by atoms with E-state index in [1.807, 2.05) is 32.0 Å². The maximum Gasteiger partial charge on any atom is 0.341 e. The standard InChI is InChI=1S/C30H34N2O5S/c1-6-36-30(35)26-23-13-7-18(3)16-25(23)38-29(26)32-28(34)21-9-11-22(12-10-21)37-20(5)27(33)31-24-14-8-17(2)15-19(24)4/h8-12,14-15,18,20H,6-7,13,16H2,1-5H3,(H,31,33)(H,32,34)/t18-,20-/m0/s1. The largest absolute Gasteiger partial charge is 0.481 e. The quantitative estimate of drug-likeness (QED) is 0.330. The number of thiophene rings is 1. The predicted molar refractivity (Wildman–Crippen MR) is 150 cm³/mol. The van der Waals surface area contributed by atoms with E-state index in [4.69, 9.17) is 9.47 Å². The summed E-state index contributed by atoms with van der Waals surface area (Å²) in [7, 11) is 0. The first kappa shape index (κ1) is 27.4. The summed E-state index contributed by atoms with van der Waals surface area (Å²) in [5, 5.41) is 6.36. The van der Waals surface area contributed by atoms with E-state index in [-0.39, 0.29) is 18.4 Å². The van der Waals surface area contributed by atoms with Gasteiger partial charge < -0.3 is 20.1 Å². The van der Waals surface area contributed by atoms with E-state index in [2.05, 4.69) is 17.6 Å².